The molecule has 1 N–H and O–H groups in total. The minimum Gasteiger partial charge on any atom is -0.493 e. The average Bonchev–Trinajstić information content (AvgIpc) is 3.16. The molecule has 3 rings (SSSR count). The number of hydrogen-bond donors (Lipinski definition) is 1. The summed E-state index contributed by atoms with van der Waals surface area (Å²) in [7, 11) is 1.36. The lowest BCUT2D eigenvalue weighted by molar-refractivity contribution is -0.0512. The van der Waals surface area contributed by atoms with Crippen LogP contribution in [0.4, 0.5) is 8.78 Å². The summed E-state index contributed by atoms with van der Waals surface area (Å²) >= 11 is 1.56. The highest BCUT2D eigenvalue weighted by molar-refractivity contribution is 7.09. The monoisotopic (exact) mass is 434 g/mol. The molecule has 3 aromatic rings. The number of benzene rings is 2. The van der Waals surface area contributed by atoms with Crippen molar-refractivity contribution in [1.29, 1.82) is 0 Å². The summed E-state index contributed by atoms with van der Waals surface area (Å²) in [4.78, 5) is 16.7. The molecule has 6 nitrogen and oxygen atoms in total. The number of aryl methyl sites for hydroxylation is 1. The van der Waals surface area contributed by atoms with Gasteiger partial charge in [-0.2, -0.15) is 8.78 Å². The second-order valence-corrected chi connectivity index (χ2v) is 7.28. The molecule has 0 bridgehead atoms. The number of halogens is 2. The van der Waals surface area contributed by atoms with Crippen LogP contribution in [0.5, 0.6) is 17.2 Å². The normalized spacial score (nSPS) is 10.7. The second-order valence-electron chi connectivity index (χ2n) is 6.22. The van der Waals surface area contributed by atoms with Crippen molar-refractivity contribution in [2.75, 3.05) is 7.11 Å². The Balaban J connectivity index is 1.54. The number of thiazole rings is 1. The molecule has 2 aromatic carbocycles. The van der Waals surface area contributed by atoms with Gasteiger partial charge in [0.05, 0.1) is 17.8 Å². The zero-order valence-electron chi connectivity index (χ0n) is 16.4. The number of rotatable bonds is 9. The van der Waals surface area contributed by atoms with E-state index in [2.05, 4.69) is 15.0 Å². The predicted octanol–water partition coefficient (Wildman–Crippen LogP) is 4.57. The summed E-state index contributed by atoms with van der Waals surface area (Å²) in [6.45, 7) is -0.445. The van der Waals surface area contributed by atoms with Crippen LogP contribution in [-0.4, -0.2) is 24.6 Å². The molecule has 1 aromatic heterocycles. The van der Waals surface area contributed by atoms with Crippen LogP contribution < -0.4 is 19.5 Å². The molecule has 0 fully saturated rings. The van der Waals surface area contributed by atoms with Crippen molar-refractivity contribution >= 4 is 17.2 Å². The van der Waals surface area contributed by atoms with Crippen LogP contribution in [0.1, 0.15) is 26.6 Å². The molecule has 0 radical (unpaired) electrons. The number of aromatic nitrogens is 1. The van der Waals surface area contributed by atoms with Gasteiger partial charge >= 0.3 is 6.61 Å². The summed E-state index contributed by atoms with van der Waals surface area (Å²) in [6.07, 6.45) is 0. The van der Waals surface area contributed by atoms with Crippen LogP contribution >= 0.6 is 11.3 Å². The fourth-order valence-electron chi connectivity index (χ4n) is 2.63. The molecule has 9 heteroatoms. The third-order valence-electron chi connectivity index (χ3n) is 4.07. The van der Waals surface area contributed by atoms with Crippen molar-refractivity contribution in [2.45, 2.75) is 26.7 Å². The Hall–Kier alpha value is -3.20. The Morgan fingerprint density at radius 1 is 1.17 bits per heavy atom. The molecular weight excluding hydrogens is 414 g/mol. The van der Waals surface area contributed by atoms with E-state index in [9.17, 15) is 13.6 Å². The quantitative estimate of drug-likeness (QED) is 0.534. The highest BCUT2D eigenvalue weighted by atomic mass is 32.1. The molecule has 0 spiro atoms. The highest BCUT2D eigenvalue weighted by Gasteiger charge is 2.12. The summed E-state index contributed by atoms with van der Waals surface area (Å²) in [5, 5.41) is 5.70. The van der Waals surface area contributed by atoms with Gasteiger partial charge in [0.1, 0.15) is 12.4 Å². The smallest absolute Gasteiger partial charge is 0.387 e. The Kier molecular flexibility index (Phi) is 7.18. The van der Waals surface area contributed by atoms with Gasteiger partial charge in [0.2, 0.25) is 0 Å². The standard InChI is InChI=1S/C21H20F2N2O4S/c1-13-25-16(12-30-13)11-28-17-6-4-15(5-7-17)20(26)24-10-14-3-8-18(29-21(22)23)19(9-14)27-2/h3-9,12,21H,10-11H2,1-2H3,(H,24,26). The third kappa shape index (κ3) is 5.90. The number of nitrogens with one attached hydrogen (secondary N) is 1. The van der Waals surface area contributed by atoms with Crippen LogP contribution in [-0.2, 0) is 13.2 Å². The van der Waals surface area contributed by atoms with E-state index in [1.165, 1.54) is 19.2 Å². The number of hydrogen-bond acceptors (Lipinski definition) is 6. The van der Waals surface area contributed by atoms with Gasteiger partial charge in [0.15, 0.2) is 11.5 Å². The number of carbonyl (C=O) groups is 1. The Labute approximate surface area is 176 Å². The lowest BCUT2D eigenvalue weighted by atomic mass is 10.1. The van der Waals surface area contributed by atoms with Crippen LogP contribution in [0, 0.1) is 6.92 Å². The van der Waals surface area contributed by atoms with Crippen molar-refractivity contribution in [2.24, 2.45) is 0 Å². The van der Waals surface area contributed by atoms with Crippen molar-refractivity contribution in [1.82, 2.24) is 10.3 Å². The molecule has 0 unspecified atom stereocenters. The van der Waals surface area contributed by atoms with Gasteiger partial charge in [0, 0.05) is 17.5 Å². The van der Waals surface area contributed by atoms with E-state index in [1.807, 2.05) is 12.3 Å². The largest absolute Gasteiger partial charge is 0.493 e. The van der Waals surface area contributed by atoms with Gasteiger partial charge in [-0.15, -0.1) is 11.3 Å². The topological polar surface area (TPSA) is 69.7 Å². The van der Waals surface area contributed by atoms with Crippen molar-refractivity contribution < 1.29 is 27.8 Å². The number of ether oxygens (including phenoxy) is 3. The maximum Gasteiger partial charge on any atom is 0.387 e. The van der Waals surface area contributed by atoms with E-state index >= 15 is 0 Å². The van der Waals surface area contributed by atoms with Gasteiger partial charge in [0.25, 0.3) is 5.91 Å². The minimum absolute atomic E-state index is 0.0639. The van der Waals surface area contributed by atoms with E-state index in [0.717, 1.165) is 10.7 Å². The first-order chi connectivity index (χ1) is 14.4. The number of alkyl halides is 2. The molecular formula is C21H20F2N2O4S. The minimum atomic E-state index is -2.94. The molecule has 158 valence electrons. The zero-order valence-corrected chi connectivity index (χ0v) is 17.2. The Bertz CT molecular complexity index is 993. The lowest BCUT2D eigenvalue weighted by Crippen LogP contribution is -2.22. The van der Waals surface area contributed by atoms with E-state index < -0.39 is 6.61 Å². The highest BCUT2D eigenvalue weighted by Crippen LogP contribution is 2.29. The molecule has 0 aliphatic heterocycles. The molecule has 0 atom stereocenters. The van der Waals surface area contributed by atoms with E-state index in [-0.39, 0.29) is 24.0 Å². The van der Waals surface area contributed by atoms with Gasteiger partial charge in [-0.1, -0.05) is 6.07 Å². The van der Waals surface area contributed by atoms with E-state index in [4.69, 9.17) is 9.47 Å². The Morgan fingerprint density at radius 2 is 1.93 bits per heavy atom. The summed E-state index contributed by atoms with van der Waals surface area (Å²) in [5.41, 5.74) is 2.01. The predicted molar refractivity (Wildman–Crippen MR) is 108 cm³/mol. The maximum absolute atomic E-state index is 12.4. The summed E-state index contributed by atoms with van der Waals surface area (Å²) in [6, 6.07) is 11.3. The fraction of sp³-hybridized carbons (Fsp3) is 0.238. The van der Waals surface area contributed by atoms with Crippen LogP contribution in [0.3, 0.4) is 0 Å². The number of methoxy groups -OCH3 is 1. The summed E-state index contributed by atoms with van der Waals surface area (Å²) < 4.78 is 39.9. The first kappa shape index (κ1) is 21.5. The second kappa shape index (κ2) is 10.0. The molecule has 0 saturated heterocycles. The molecule has 1 heterocycles. The fourth-order valence-corrected chi connectivity index (χ4v) is 3.23. The van der Waals surface area contributed by atoms with Gasteiger partial charge < -0.3 is 19.5 Å². The third-order valence-corrected chi connectivity index (χ3v) is 4.89. The van der Waals surface area contributed by atoms with Gasteiger partial charge in [-0.05, 0) is 48.9 Å². The molecule has 30 heavy (non-hydrogen) atoms. The van der Waals surface area contributed by atoms with Crippen LogP contribution in [0.15, 0.2) is 47.8 Å². The zero-order chi connectivity index (χ0) is 21.5. The van der Waals surface area contributed by atoms with Crippen molar-refractivity contribution in [3.8, 4) is 17.2 Å². The SMILES string of the molecule is COc1cc(CNC(=O)c2ccc(OCc3csc(C)n3)cc2)ccc1OC(F)F. The van der Waals surface area contributed by atoms with Crippen LogP contribution in [0.25, 0.3) is 0 Å². The number of amides is 1. The van der Waals surface area contributed by atoms with Gasteiger partial charge in [-0.3, -0.25) is 4.79 Å². The van der Waals surface area contributed by atoms with E-state index in [0.29, 0.717) is 23.5 Å². The van der Waals surface area contributed by atoms with E-state index in [1.54, 1.807) is 41.7 Å². The van der Waals surface area contributed by atoms with Crippen LogP contribution in [0.2, 0.25) is 0 Å². The van der Waals surface area contributed by atoms with Crippen molar-refractivity contribution in [3.05, 3.63) is 69.7 Å². The number of nitrogens with zero attached hydrogens (tertiary/aromatic N) is 1. The summed E-state index contributed by atoms with van der Waals surface area (Å²) in [5.74, 6) is 0.463. The van der Waals surface area contributed by atoms with Crippen molar-refractivity contribution in [3.63, 3.8) is 0 Å². The number of carbonyl (C=O) groups excluding carboxylic acids is 1. The molecule has 0 aliphatic carbocycles. The first-order valence-electron chi connectivity index (χ1n) is 8.98. The maximum atomic E-state index is 12.4. The Morgan fingerprint density at radius 3 is 2.57 bits per heavy atom. The lowest BCUT2D eigenvalue weighted by Gasteiger charge is -2.12. The van der Waals surface area contributed by atoms with Gasteiger partial charge in [-0.25, -0.2) is 4.98 Å². The molecule has 0 aliphatic rings. The molecule has 1 amide bonds. The average molecular weight is 434 g/mol. The molecule has 0 saturated carbocycles. The first-order valence-corrected chi connectivity index (χ1v) is 9.86.